The van der Waals surface area contributed by atoms with Crippen LogP contribution in [0.2, 0.25) is 0 Å². The van der Waals surface area contributed by atoms with E-state index < -0.39 is 0 Å². The molecule has 7 heteroatoms. The third-order valence-corrected chi connectivity index (χ3v) is 3.56. The van der Waals surface area contributed by atoms with E-state index in [1.165, 1.54) is 0 Å². The molecule has 0 saturated carbocycles. The molecule has 1 aromatic carbocycles. The summed E-state index contributed by atoms with van der Waals surface area (Å²) in [4.78, 5) is 0.688. The molecule has 0 amide bonds. The molecule has 1 fully saturated rings. The minimum Gasteiger partial charge on any atom is -0.395 e. The fourth-order valence-corrected chi connectivity index (χ4v) is 2.47. The van der Waals surface area contributed by atoms with E-state index in [9.17, 15) is 0 Å². The highest BCUT2D eigenvalue weighted by molar-refractivity contribution is 7.80. The standard InChI is InChI=1S/C14H21N3O2S.ClH/c15-12(10-18)9-11-3-1-2-4-13(11)14(20)16-17-5-7-19-8-6-17;/h1-4,12,18H,5-10,15H2,(H,16,20);1H/t12-;/m0./s1. The van der Waals surface area contributed by atoms with Crippen molar-refractivity contribution in [3.05, 3.63) is 35.4 Å². The van der Waals surface area contributed by atoms with Gasteiger partial charge in [-0.3, -0.25) is 0 Å². The van der Waals surface area contributed by atoms with Gasteiger partial charge in [0.05, 0.1) is 19.8 Å². The molecule has 0 aliphatic carbocycles. The summed E-state index contributed by atoms with van der Waals surface area (Å²) in [6.45, 7) is 3.04. The van der Waals surface area contributed by atoms with Crippen LogP contribution < -0.4 is 11.2 Å². The first-order valence-corrected chi connectivity index (χ1v) is 7.19. The van der Waals surface area contributed by atoms with E-state index in [0.717, 1.165) is 24.2 Å². The summed E-state index contributed by atoms with van der Waals surface area (Å²) < 4.78 is 5.31. The van der Waals surface area contributed by atoms with E-state index in [1.807, 2.05) is 24.3 Å². The molecule has 1 aliphatic rings. The third kappa shape index (κ3) is 5.50. The predicted molar refractivity (Wildman–Crippen MR) is 89.7 cm³/mol. The Bertz CT molecular complexity index is 456. The van der Waals surface area contributed by atoms with Gasteiger partial charge in [0.1, 0.15) is 4.99 Å². The Morgan fingerprint density at radius 1 is 1.38 bits per heavy atom. The maximum absolute atomic E-state index is 9.09. The number of thiocarbonyl (C=S) groups is 1. The second-order valence-corrected chi connectivity index (χ2v) is 5.25. The number of aliphatic hydroxyl groups is 1. The van der Waals surface area contributed by atoms with Crippen LogP contribution in [-0.4, -0.2) is 54.1 Å². The highest BCUT2D eigenvalue weighted by Gasteiger charge is 2.15. The van der Waals surface area contributed by atoms with Gasteiger partial charge < -0.3 is 21.0 Å². The van der Waals surface area contributed by atoms with E-state index in [0.29, 0.717) is 24.6 Å². The third-order valence-electron chi connectivity index (χ3n) is 3.25. The number of halogens is 1. The number of hydrazine groups is 1. The predicted octanol–water partition coefficient (Wildman–Crippen LogP) is 0.483. The van der Waals surface area contributed by atoms with Crippen LogP contribution in [0.1, 0.15) is 11.1 Å². The number of hydrogen-bond acceptors (Lipinski definition) is 5. The highest BCUT2D eigenvalue weighted by Crippen LogP contribution is 2.12. The van der Waals surface area contributed by atoms with Gasteiger partial charge in [0, 0.05) is 24.7 Å². The van der Waals surface area contributed by atoms with Crippen molar-refractivity contribution in [1.82, 2.24) is 10.4 Å². The second kappa shape index (κ2) is 9.30. The Morgan fingerprint density at radius 3 is 2.71 bits per heavy atom. The Kier molecular flexibility index (Phi) is 8.10. The minimum atomic E-state index is -0.262. The molecular formula is C14H22ClN3O2S. The lowest BCUT2D eigenvalue weighted by atomic mass is 10.0. The van der Waals surface area contributed by atoms with Gasteiger partial charge in [0.2, 0.25) is 0 Å². The first-order valence-electron chi connectivity index (χ1n) is 6.78. The van der Waals surface area contributed by atoms with Crippen LogP contribution in [-0.2, 0) is 11.2 Å². The smallest absolute Gasteiger partial charge is 0.121 e. The van der Waals surface area contributed by atoms with Crippen LogP contribution in [0.4, 0.5) is 0 Å². The Morgan fingerprint density at radius 2 is 2.05 bits per heavy atom. The van der Waals surface area contributed by atoms with Gasteiger partial charge in [-0.25, -0.2) is 5.01 Å². The van der Waals surface area contributed by atoms with Crippen LogP contribution in [0, 0.1) is 0 Å². The molecule has 21 heavy (non-hydrogen) atoms. The van der Waals surface area contributed by atoms with Gasteiger partial charge in [-0.2, -0.15) is 0 Å². The van der Waals surface area contributed by atoms with Gasteiger partial charge in [-0.05, 0) is 12.0 Å². The number of rotatable bonds is 5. The summed E-state index contributed by atoms with van der Waals surface area (Å²) in [5.74, 6) is 0. The lowest BCUT2D eigenvalue weighted by molar-refractivity contribution is 0.0253. The lowest BCUT2D eigenvalue weighted by Gasteiger charge is -2.28. The maximum Gasteiger partial charge on any atom is 0.121 e. The van der Waals surface area contributed by atoms with E-state index in [2.05, 4.69) is 10.4 Å². The number of nitrogens with two attached hydrogens (primary N) is 1. The van der Waals surface area contributed by atoms with Gasteiger partial charge in [-0.1, -0.05) is 36.5 Å². The van der Waals surface area contributed by atoms with E-state index in [-0.39, 0.29) is 25.1 Å². The molecule has 0 unspecified atom stereocenters. The van der Waals surface area contributed by atoms with Crippen molar-refractivity contribution < 1.29 is 9.84 Å². The number of benzene rings is 1. The zero-order chi connectivity index (χ0) is 14.4. The lowest BCUT2D eigenvalue weighted by Crippen LogP contribution is -2.48. The molecule has 0 spiro atoms. The second-order valence-electron chi connectivity index (χ2n) is 4.84. The summed E-state index contributed by atoms with van der Waals surface area (Å²) in [6, 6.07) is 7.63. The van der Waals surface area contributed by atoms with Crippen molar-refractivity contribution in [2.24, 2.45) is 5.73 Å². The molecule has 0 aromatic heterocycles. The maximum atomic E-state index is 9.09. The van der Waals surface area contributed by atoms with Gasteiger partial charge >= 0.3 is 0 Å². The molecule has 2 rings (SSSR count). The first kappa shape index (κ1) is 18.3. The van der Waals surface area contributed by atoms with Crippen molar-refractivity contribution in [3.8, 4) is 0 Å². The van der Waals surface area contributed by atoms with E-state index in [4.69, 9.17) is 27.8 Å². The average molecular weight is 332 g/mol. The monoisotopic (exact) mass is 331 g/mol. The molecule has 5 nitrogen and oxygen atoms in total. The molecule has 1 heterocycles. The van der Waals surface area contributed by atoms with Crippen molar-refractivity contribution in [2.45, 2.75) is 12.5 Å². The van der Waals surface area contributed by atoms with Gasteiger partial charge in [0.15, 0.2) is 0 Å². The fourth-order valence-electron chi connectivity index (χ4n) is 2.15. The van der Waals surface area contributed by atoms with Crippen molar-refractivity contribution in [1.29, 1.82) is 0 Å². The molecule has 0 bridgehead atoms. The number of ether oxygens (including phenoxy) is 1. The molecule has 1 saturated heterocycles. The van der Waals surface area contributed by atoms with Crippen LogP contribution in [0.5, 0.6) is 0 Å². The summed E-state index contributed by atoms with van der Waals surface area (Å²) in [5.41, 5.74) is 11.1. The molecule has 118 valence electrons. The average Bonchev–Trinajstić information content (AvgIpc) is 2.48. The molecule has 4 N–H and O–H groups in total. The topological polar surface area (TPSA) is 70.8 Å². The zero-order valence-electron chi connectivity index (χ0n) is 11.8. The molecule has 1 aliphatic heterocycles. The quantitative estimate of drug-likeness (QED) is 0.682. The minimum absolute atomic E-state index is 0. The molecule has 0 radical (unpaired) electrons. The number of nitrogens with zero attached hydrogens (tertiary/aromatic N) is 1. The SMILES string of the molecule is Cl.N[C@H](CO)Cc1ccccc1C(=S)NN1CCOCC1. The Labute approximate surface area is 136 Å². The van der Waals surface area contributed by atoms with Crippen molar-refractivity contribution in [3.63, 3.8) is 0 Å². The Balaban J connectivity index is 0.00000220. The van der Waals surface area contributed by atoms with E-state index >= 15 is 0 Å². The van der Waals surface area contributed by atoms with Crippen LogP contribution in [0.15, 0.2) is 24.3 Å². The van der Waals surface area contributed by atoms with Crippen molar-refractivity contribution in [2.75, 3.05) is 32.9 Å². The van der Waals surface area contributed by atoms with Crippen LogP contribution in [0.25, 0.3) is 0 Å². The summed E-state index contributed by atoms with van der Waals surface area (Å²) in [5, 5.41) is 11.2. The summed E-state index contributed by atoms with van der Waals surface area (Å²) in [7, 11) is 0. The largest absolute Gasteiger partial charge is 0.395 e. The Hall–Kier alpha value is -0.760. The zero-order valence-corrected chi connectivity index (χ0v) is 13.5. The summed E-state index contributed by atoms with van der Waals surface area (Å²) >= 11 is 5.48. The summed E-state index contributed by atoms with van der Waals surface area (Å²) in [6.07, 6.45) is 0.609. The molecule has 1 aromatic rings. The highest BCUT2D eigenvalue weighted by atomic mass is 35.5. The van der Waals surface area contributed by atoms with Crippen molar-refractivity contribution >= 4 is 29.6 Å². The number of morpholine rings is 1. The van der Waals surface area contributed by atoms with Gasteiger partial charge in [-0.15, -0.1) is 12.4 Å². The van der Waals surface area contributed by atoms with Gasteiger partial charge in [0.25, 0.3) is 0 Å². The fraction of sp³-hybridized carbons (Fsp3) is 0.500. The first-order chi connectivity index (χ1) is 9.70. The van der Waals surface area contributed by atoms with Crippen LogP contribution in [0.3, 0.4) is 0 Å². The molecular weight excluding hydrogens is 310 g/mol. The number of hydrogen-bond donors (Lipinski definition) is 3. The number of aliphatic hydroxyl groups excluding tert-OH is 1. The molecule has 1 atom stereocenters. The number of nitrogens with one attached hydrogen (secondary N) is 1. The normalized spacial score (nSPS) is 16.9. The van der Waals surface area contributed by atoms with E-state index in [1.54, 1.807) is 0 Å². The van der Waals surface area contributed by atoms with Crippen LogP contribution >= 0.6 is 24.6 Å².